The second kappa shape index (κ2) is 6.57. The standard InChI is InChI=1S/C17H23NO6/c1-3-23-15-9-14(20)17(15)4-6-18(7-5-17)16(21)12-8-11(19)13(22-2)10-24-12/h8,10,14-15,20H,3-7,9H2,1-2H3/t14-,15+/m0/s1. The van der Waals surface area contributed by atoms with Gasteiger partial charge in [-0.25, -0.2) is 0 Å². The van der Waals surface area contributed by atoms with Crippen LogP contribution in [-0.2, 0) is 4.74 Å². The van der Waals surface area contributed by atoms with E-state index in [4.69, 9.17) is 13.9 Å². The average Bonchev–Trinajstić information content (AvgIpc) is 2.61. The second-order valence-electron chi connectivity index (χ2n) is 6.40. The number of carbonyl (C=O) groups is 1. The van der Waals surface area contributed by atoms with E-state index in [0.717, 1.165) is 12.3 Å². The van der Waals surface area contributed by atoms with Gasteiger partial charge in [-0.15, -0.1) is 0 Å². The van der Waals surface area contributed by atoms with Gasteiger partial charge >= 0.3 is 0 Å². The number of aliphatic hydroxyl groups excluding tert-OH is 1. The Hall–Kier alpha value is -1.86. The van der Waals surface area contributed by atoms with Crippen LogP contribution in [0, 0.1) is 5.41 Å². The topological polar surface area (TPSA) is 89.2 Å². The summed E-state index contributed by atoms with van der Waals surface area (Å²) in [5, 5.41) is 10.2. The highest BCUT2D eigenvalue weighted by Crippen LogP contribution is 2.51. The van der Waals surface area contributed by atoms with E-state index >= 15 is 0 Å². The van der Waals surface area contributed by atoms with E-state index in [1.807, 2.05) is 6.92 Å². The van der Waals surface area contributed by atoms with Crippen molar-refractivity contribution in [2.24, 2.45) is 5.41 Å². The molecule has 2 atom stereocenters. The first-order valence-electron chi connectivity index (χ1n) is 8.27. The largest absolute Gasteiger partial charge is 0.490 e. The maximum atomic E-state index is 12.5. The maximum Gasteiger partial charge on any atom is 0.289 e. The van der Waals surface area contributed by atoms with Crippen molar-refractivity contribution >= 4 is 5.91 Å². The smallest absolute Gasteiger partial charge is 0.289 e. The Bertz CT molecular complexity index is 659. The lowest BCUT2D eigenvalue weighted by Gasteiger charge is -2.56. The van der Waals surface area contributed by atoms with Crippen LogP contribution in [0.3, 0.4) is 0 Å². The van der Waals surface area contributed by atoms with E-state index in [1.54, 1.807) is 4.90 Å². The van der Waals surface area contributed by atoms with Gasteiger partial charge in [0.1, 0.15) is 6.26 Å². The van der Waals surface area contributed by atoms with E-state index in [1.165, 1.54) is 7.11 Å². The van der Waals surface area contributed by atoms with Crippen LogP contribution in [0.2, 0.25) is 0 Å². The first-order valence-corrected chi connectivity index (χ1v) is 8.27. The first kappa shape index (κ1) is 17.0. The van der Waals surface area contributed by atoms with Crippen LogP contribution >= 0.6 is 0 Å². The lowest BCUT2D eigenvalue weighted by atomic mass is 9.58. The molecule has 1 amide bonds. The van der Waals surface area contributed by atoms with Crippen LogP contribution in [0.15, 0.2) is 21.5 Å². The van der Waals surface area contributed by atoms with Gasteiger partial charge in [0, 0.05) is 37.6 Å². The molecule has 2 aliphatic rings. The molecule has 2 heterocycles. The van der Waals surface area contributed by atoms with Gasteiger partial charge in [0.2, 0.25) is 11.2 Å². The van der Waals surface area contributed by atoms with Crippen LogP contribution in [0.25, 0.3) is 0 Å². The molecule has 7 nitrogen and oxygen atoms in total. The fraction of sp³-hybridized carbons (Fsp3) is 0.647. The number of nitrogens with zero attached hydrogens (tertiary/aromatic N) is 1. The van der Waals surface area contributed by atoms with Gasteiger partial charge in [0.25, 0.3) is 5.91 Å². The summed E-state index contributed by atoms with van der Waals surface area (Å²) in [6, 6.07) is 1.16. The number of carbonyl (C=O) groups excluding carboxylic acids is 1. The highest BCUT2D eigenvalue weighted by Gasteiger charge is 2.56. The highest BCUT2D eigenvalue weighted by molar-refractivity contribution is 5.91. The summed E-state index contributed by atoms with van der Waals surface area (Å²) in [6.07, 6.45) is 2.88. The Morgan fingerprint density at radius 2 is 2.17 bits per heavy atom. The Morgan fingerprint density at radius 1 is 1.46 bits per heavy atom. The fourth-order valence-corrected chi connectivity index (χ4v) is 3.76. The molecule has 1 spiro atoms. The molecule has 0 unspecified atom stereocenters. The Balaban J connectivity index is 1.67. The summed E-state index contributed by atoms with van der Waals surface area (Å²) >= 11 is 0. The van der Waals surface area contributed by atoms with Gasteiger partial charge in [-0.3, -0.25) is 9.59 Å². The quantitative estimate of drug-likeness (QED) is 0.883. The van der Waals surface area contributed by atoms with E-state index < -0.39 is 0 Å². The molecule has 1 saturated carbocycles. The van der Waals surface area contributed by atoms with Gasteiger partial charge in [0.05, 0.1) is 19.3 Å². The minimum atomic E-state index is -0.383. The molecule has 3 rings (SSSR count). The molecular formula is C17H23NO6. The van der Waals surface area contributed by atoms with Gasteiger partial charge in [-0.2, -0.15) is 0 Å². The molecule has 0 radical (unpaired) electrons. The third kappa shape index (κ3) is 2.71. The van der Waals surface area contributed by atoms with E-state index in [-0.39, 0.29) is 40.5 Å². The number of rotatable bonds is 4. The minimum absolute atomic E-state index is 0.00673. The third-order valence-electron chi connectivity index (χ3n) is 5.32. The van der Waals surface area contributed by atoms with E-state index in [9.17, 15) is 14.7 Å². The van der Waals surface area contributed by atoms with Crippen molar-refractivity contribution < 1.29 is 23.8 Å². The summed E-state index contributed by atoms with van der Waals surface area (Å²) in [5.41, 5.74) is -0.625. The highest BCUT2D eigenvalue weighted by atomic mass is 16.5. The summed E-state index contributed by atoms with van der Waals surface area (Å²) in [4.78, 5) is 25.9. The lowest BCUT2D eigenvalue weighted by Crippen LogP contribution is -2.62. The van der Waals surface area contributed by atoms with Crippen molar-refractivity contribution in [1.82, 2.24) is 4.90 Å². The Labute approximate surface area is 140 Å². The molecule has 24 heavy (non-hydrogen) atoms. The minimum Gasteiger partial charge on any atom is -0.490 e. The summed E-state index contributed by atoms with van der Waals surface area (Å²) in [6.45, 7) is 3.59. The first-order chi connectivity index (χ1) is 11.5. The van der Waals surface area contributed by atoms with Crippen LogP contribution in [-0.4, -0.2) is 54.9 Å². The Morgan fingerprint density at radius 3 is 2.71 bits per heavy atom. The molecule has 1 aromatic rings. The molecule has 1 saturated heterocycles. The Kier molecular flexibility index (Phi) is 4.64. The summed E-state index contributed by atoms with van der Waals surface area (Å²) in [5.74, 6) is -0.236. The molecule has 2 fully saturated rings. The fourth-order valence-electron chi connectivity index (χ4n) is 3.76. The van der Waals surface area contributed by atoms with Crippen molar-refractivity contribution in [1.29, 1.82) is 0 Å². The van der Waals surface area contributed by atoms with Crippen molar-refractivity contribution in [3.8, 4) is 5.75 Å². The molecule has 1 N–H and O–H groups in total. The zero-order valence-corrected chi connectivity index (χ0v) is 14.0. The van der Waals surface area contributed by atoms with Gasteiger partial charge < -0.3 is 23.9 Å². The third-order valence-corrected chi connectivity index (χ3v) is 5.32. The van der Waals surface area contributed by atoms with Crippen molar-refractivity contribution in [2.45, 2.75) is 38.4 Å². The van der Waals surface area contributed by atoms with Crippen molar-refractivity contribution in [3.05, 3.63) is 28.3 Å². The molecular weight excluding hydrogens is 314 g/mol. The van der Waals surface area contributed by atoms with Crippen LogP contribution in [0.1, 0.15) is 36.7 Å². The number of ether oxygens (including phenoxy) is 2. The van der Waals surface area contributed by atoms with Crippen molar-refractivity contribution in [2.75, 3.05) is 26.8 Å². The number of likely N-dealkylation sites (tertiary alicyclic amines) is 1. The van der Waals surface area contributed by atoms with Crippen LogP contribution < -0.4 is 10.2 Å². The normalized spacial score (nSPS) is 25.4. The predicted octanol–water partition coefficient (Wildman–Crippen LogP) is 1.04. The molecule has 132 valence electrons. The van der Waals surface area contributed by atoms with Crippen LogP contribution in [0.5, 0.6) is 5.75 Å². The van der Waals surface area contributed by atoms with Gasteiger partial charge in [-0.05, 0) is 19.8 Å². The molecule has 0 aromatic carbocycles. The number of aliphatic hydroxyl groups is 1. The van der Waals surface area contributed by atoms with E-state index in [2.05, 4.69) is 0 Å². The number of hydrogen-bond acceptors (Lipinski definition) is 6. The molecule has 1 aromatic heterocycles. The molecule has 1 aliphatic carbocycles. The average molecular weight is 337 g/mol. The monoisotopic (exact) mass is 337 g/mol. The number of amides is 1. The second-order valence-corrected chi connectivity index (χ2v) is 6.40. The van der Waals surface area contributed by atoms with Crippen LogP contribution in [0.4, 0.5) is 0 Å². The SMILES string of the molecule is CCO[C@@H]1C[C@H](O)C12CCN(C(=O)c1cc(=O)c(OC)co1)CC2. The molecule has 1 aliphatic heterocycles. The molecule has 7 heteroatoms. The summed E-state index contributed by atoms with van der Waals surface area (Å²) in [7, 11) is 1.37. The van der Waals surface area contributed by atoms with Gasteiger partial charge in [0.15, 0.2) is 5.76 Å². The zero-order valence-electron chi connectivity index (χ0n) is 14.0. The number of methoxy groups -OCH3 is 1. The zero-order chi connectivity index (χ0) is 17.3. The molecule has 0 bridgehead atoms. The van der Waals surface area contributed by atoms with E-state index in [0.29, 0.717) is 39.0 Å². The lowest BCUT2D eigenvalue weighted by molar-refractivity contribution is -0.207. The number of hydrogen-bond donors (Lipinski definition) is 1. The summed E-state index contributed by atoms with van der Waals surface area (Å²) < 4.78 is 15.8. The predicted molar refractivity (Wildman–Crippen MR) is 85.1 cm³/mol. The van der Waals surface area contributed by atoms with Gasteiger partial charge in [-0.1, -0.05) is 0 Å². The van der Waals surface area contributed by atoms with Crippen molar-refractivity contribution in [3.63, 3.8) is 0 Å². The maximum absolute atomic E-state index is 12.5. The number of piperidine rings is 1.